The second-order valence-electron chi connectivity index (χ2n) is 7.99. The lowest BCUT2D eigenvalue weighted by atomic mass is 9.84. The lowest BCUT2D eigenvalue weighted by molar-refractivity contribution is -0.130. The summed E-state index contributed by atoms with van der Waals surface area (Å²) in [6, 6.07) is 0.0921. The molecule has 0 saturated heterocycles. The van der Waals surface area contributed by atoms with Crippen molar-refractivity contribution in [3.8, 4) is 0 Å². The van der Waals surface area contributed by atoms with Gasteiger partial charge in [0.2, 0.25) is 0 Å². The highest BCUT2D eigenvalue weighted by atomic mass is 16.5. The quantitative estimate of drug-likeness (QED) is 0.806. The van der Waals surface area contributed by atoms with Gasteiger partial charge in [0.1, 0.15) is 0 Å². The molecule has 5 unspecified atom stereocenters. The van der Waals surface area contributed by atoms with E-state index in [2.05, 4.69) is 27.3 Å². The zero-order valence-electron chi connectivity index (χ0n) is 15.9. The highest BCUT2D eigenvalue weighted by Crippen LogP contribution is 2.49. The van der Waals surface area contributed by atoms with E-state index >= 15 is 0 Å². The van der Waals surface area contributed by atoms with Gasteiger partial charge in [-0.15, -0.1) is 5.10 Å². The van der Waals surface area contributed by atoms with Gasteiger partial charge in [0.05, 0.1) is 0 Å². The predicted octanol–water partition coefficient (Wildman–Crippen LogP) is 1.92. The molecule has 1 amide bonds. The molecule has 8 heteroatoms. The molecule has 2 fully saturated rings. The predicted molar refractivity (Wildman–Crippen MR) is 96.9 cm³/mol. The van der Waals surface area contributed by atoms with Gasteiger partial charge >= 0.3 is 5.97 Å². The number of ether oxygens (including phenoxy) is 1. The number of rotatable bonds is 5. The van der Waals surface area contributed by atoms with E-state index in [9.17, 15) is 9.59 Å². The van der Waals surface area contributed by atoms with Gasteiger partial charge < -0.3 is 10.1 Å². The molecule has 2 aromatic heterocycles. The second kappa shape index (κ2) is 6.90. The van der Waals surface area contributed by atoms with Crippen LogP contribution < -0.4 is 5.32 Å². The van der Waals surface area contributed by atoms with Crippen molar-refractivity contribution >= 4 is 17.7 Å². The zero-order chi connectivity index (χ0) is 19.1. The van der Waals surface area contributed by atoms with Crippen LogP contribution in [-0.4, -0.2) is 43.6 Å². The maximum atomic E-state index is 12.5. The first-order valence-corrected chi connectivity index (χ1v) is 9.61. The minimum atomic E-state index is -0.903. The van der Waals surface area contributed by atoms with Gasteiger partial charge in [-0.25, -0.2) is 14.3 Å². The van der Waals surface area contributed by atoms with E-state index in [1.807, 2.05) is 6.92 Å². The van der Waals surface area contributed by atoms with Crippen LogP contribution in [0.15, 0.2) is 12.4 Å². The van der Waals surface area contributed by atoms with Crippen molar-refractivity contribution in [2.24, 2.45) is 17.8 Å². The molecule has 2 saturated carbocycles. The Hall–Kier alpha value is -2.51. The van der Waals surface area contributed by atoms with Gasteiger partial charge in [0.15, 0.2) is 6.10 Å². The molecule has 1 N–H and O–H groups in total. The molecule has 0 radical (unpaired) electrons. The van der Waals surface area contributed by atoms with E-state index in [0.717, 1.165) is 17.4 Å². The summed E-state index contributed by atoms with van der Waals surface area (Å²) < 4.78 is 6.69. The van der Waals surface area contributed by atoms with Crippen LogP contribution in [0.5, 0.6) is 0 Å². The van der Waals surface area contributed by atoms with Crippen molar-refractivity contribution in [2.75, 3.05) is 0 Å². The largest absolute Gasteiger partial charge is 0.447 e. The third kappa shape index (κ3) is 3.52. The summed E-state index contributed by atoms with van der Waals surface area (Å²) >= 11 is 0. The number of carbonyl (C=O) groups excluding carboxylic acids is 2. The Morgan fingerprint density at radius 2 is 2.11 bits per heavy atom. The summed E-state index contributed by atoms with van der Waals surface area (Å²) in [5, 5.41) is 7.10. The van der Waals surface area contributed by atoms with Crippen LogP contribution in [-0.2, 0) is 9.53 Å². The number of amides is 1. The summed E-state index contributed by atoms with van der Waals surface area (Å²) in [5.41, 5.74) is 0.898. The molecule has 0 spiro atoms. The van der Waals surface area contributed by atoms with Crippen LogP contribution in [0.2, 0.25) is 0 Å². The molecule has 27 heavy (non-hydrogen) atoms. The number of nitrogens with zero attached hydrogens (tertiary/aromatic N) is 4. The van der Waals surface area contributed by atoms with E-state index in [4.69, 9.17) is 4.74 Å². The molecular weight excluding hydrogens is 346 g/mol. The number of esters is 1. The number of fused-ring (bicyclic) bond motifs is 3. The fraction of sp³-hybridized carbons (Fsp3) is 0.632. The summed E-state index contributed by atoms with van der Waals surface area (Å²) in [4.78, 5) is 32.9. The zero-order valence-corrected chi connectivity index (χ0v) is 15.9. The number of carbonyl (C=O) groups is 2. The molecule has 2 aliphatic carbocycles. The van der Waals surface area contributed by atoms with Gasteiger partial charge in [-0.2, -0.15) is 4.98 Å². The van der Waals surface area contributed by atoms with E-state index in [0.29, 0.717) is 11.7 Å². The standard InChI is InChI=1S/C19H25N5O3/c1-10-8-20-19-22-16(23-24(19)9-10)18(26)27-12(3)17(25)21-11(2)15-7-13-4-5-14(15)6-13/h8-9,11-15H,4-7H2,1-3H3,(H,21,25). The average Bonchev–Trinajstić information content (AvgIpc) is 3.35. The van der Waals surface area contributed by atoms with Crippen LogP contribution in [0.1, 0.15) is 55.7 Å². The topological polar surface area (TPSA) is 98.5 Å². The maximum absolute atomic E-state index is 12.5. The summed E-state index contributed by atoms with van der Waals surface area (Å²) in [7, 11) is 0. The molecule has 8 nitrogen and oxygen atoms in total. The van der Waals surface area contributed by atoms with E-state index in [-0.39, 0.29) is 17.8 Å². The number of aryl methyl sites for hydroxylation is 1. The summed E-state index contributed by atoms with van der Waals surface area (Å²) in [5.74, 6) is 1.28. The highest BCUT2D eigenvalue weighted by Gasteiger charge is 2.42. The Morgan fingerprint density at radius 3 is 2.81 bits per heavy atom. The van der Waals surface area contributed by atoms with E-state index in [1.54, 1.807) is 19.3 Å². The molecule has 2 heterocycles. The normalized spacial score (nSPS) is 26.1. The minimum Gasteiger partial charge on any atom is -0.447 e. The lowest BCUT2D eigenvalue weighted by Gasteiger charge is -2.29. The summed E-state index contributed by atoms with van der Waals surface area (Å²) in [6.45, 7) is 5.49. The van der Waals surface area contributed by atoms with Gasteiger partial charge in [0, 0.05) is 18.4 Å². The van der Waals surface area contributed by atoms with E-state index in [1.165, 1.54) is 30.2 Å². The van der Waals surface area contributed by atoms with Crippen molar-refractivity contribution in [1.82, 2.24) is 24.9 Å². The van der Waals surface area contributed by atoms with Crippen molar-refractivity contribution < 1.29 is 14.3 Å². The molecular formula is C19H25N5O3. The number of hydrogen-bond acceptors (Lipinski definition) is 6. The number of aromatic nitrogens is 4. The van der Waals surface area contributed by atoms with Crippen molar-refractivity contribution in [2.45, 2.75) is 58.6 Å². The third-order valence-corrected chi connectivity index (χ3v) is 5.96. The molecule has 4 rings (SSSR count). The Morgan fingerprint density at radius 1 is 1.30 bits per heavy atom. The number of hydrogen-bond donors (Lipinski definition) is 1. The first kappa shape index (κ1) is 17.9. The molecule has 144 valence electrons. The third-order valence-electron chi connectivity index (χ3n) is 5.96. The smallest absolute Gasteiger partial charge is 0.379 e. The van der Waals surface area contributed by atoms with Crippen LogP contribution in [0.4, 0.5) is 0 Å². The second-order valence-corrected chi connectivity index (χ2v) is 7.99. The average molecular weight is 371 g/mol. The Balaban J connectivity index is 1.35. The van der Waals surface area contributed by atoms with Crippen LogP contribution in [0.25, 0.3) is 5.78 Å². The summed E-state index contributed by atoms with van der Waals surface area (Å²) in [6.07, 6.45) is 7.55. The molecule has 2 aliphatic rings. The van der Waals surface area contributed by atoms with E-state index < -0.39 is 12.1 Å². The monoisotopic (exact) mass is 371 g/mol. The van der Waals surface area contributed by atoms with Crippen LogP contribution in [0.3, 0.4) is 0 Å². The van der Waals surface area contributed by atoms with Crippen molar-refractivity contribution in [1.29, 1.82) is 0 Å². The molecule has 0 aliphatic heterocycles. The first-order chi connectivity index (χ1) is 12.9. The SMILES string of the molecule is Cc1cnc2nc(C(=O)OC(C)C(=O)NC(C)C3CC4CCC3C4)nn2c1. The Labute approximate surface area is 157 Å². The van der Waals surface area contributed by atoms with Gasteiger partial charge in [-0.3, -0.25) is 4.79 Å². The maximum Gasteiger partial charge on any atom is 0.379 e. The fourth-order valence-electron chi connectivity index (χ4n) is 4.58. The lowest BCUT2D eigenvalue weighted by Crippen LogP contribution is -2.45. The fourth-order valence-corrected chi connectivity index (χ4v) is 4.58. The van der Waals surface area contributed by atoms with Crippen LogP contribution in [0, 0.1) is 24.7 Å². The molecule has 0 aromatic carbocycles. The molecule has 2 aromatic rings. The molecule has 5 atom stereocenters. The van der Waals surface area contributed by atoms with Crippen molar-refractivity contribution in [3.63, 3.8) is 0 Å². The van der Waals surface area contributed by atoms with Crippen molar-refractivity contribution in [3.05, 3.63) is 23.8 Å². The minimum absolute atomic E-state index is 0.0921. The Bertz CT molecular complexity index is 879. The van der Waals surface area contributed by atoms with Gasteiger partial charge in [0.25, 0.3) is 17.5 Å². The molecule has 2 bridgehead atoms. The van der Waals surface area contributed by atoms with Crippen LogP contribution >= 0.6 is 0 Å². The van der Waals surface area contributed by atoms with Gasteiger partial charge in [-0.1, -0.05) is 6.42 Å². The first-order valence-electron chi connectivity index (χ1n) is 9.61. The van der Waals surface area contributed by atoms with Gasteiger partial charge in [-0.05, 0) is 63.4 Å². The number of nitrogens with one attached hydrogen (secondary N) is 1. The highest BCUT2D eigenvalue weighted by molar-refractivity contribution is 5.89. The Kier molecular flexibility index (Phi) is 4.57.